The summed E-state index contributed by atoms with van der Waals surface area (Å²) in [4.78, 5) is 30.4. The number of ketones is 1. The molecule has 0 atom stereocenters. The van der Waals surface area contributed by atoms with Crippen molar-refractivity contribution in [2.75, 3.05) is 22.9 Å². The van der Waals surface area contributed by atoms with Crippen LogP contribution in [0.4, 0.5) is 22.7 Å². The van der Waals surface area contributed by atoms with Gasteiger partial charge in [-0.15, -0.1) is 0 Å². The van der Waals surface area contributed by atoms with E-state index in [-0.39, 0.29) is 71.8 Å². The number of benzene rings is 4. The van der Waals surface area contributed by atoms with Gasteiger partial charge >= 0.3 is 5.63 Å². The number of hydrogen-bond donors (Lipinski definition) is 1. The average molecular weight is 1250 g/mol. The van der Waals surface area contributed by atoms with Crippen molar-refractivity contribution >= 4 is 53.8 Å². The molecule has 0 spiro atoms. The van der Waals surface area contributed by atoms with Crippen LogP contribution in [0.25, 0.3) is 11.0 Å². The van der Waals surface area contributed by atoms with E-state index in [2.05, 4.69) is 9.80 Å². The average Bonchev–Trinajstić information content (AvgIpc) is 3.56. The van der Waals surface area contributed by atoms with Crippen LogP contribution in [-0.4, -0.2) is 57.9 Å². The molecule has 6 fully saturated rings. The third-order valence-corrected chi connectivity index (χ3v) is 29.5. The second kappa shape index (κ2) is 30.7. The van der Waals surface area contributed by atoms with Crippen LogP contribution in [0.15, 0.2) is 112 Å². The number of carbonyl (C=O) groups excluding carboxylic acids is 1. The molecule has 11 heteroatoms. The summed E-state index contributed by atoms with van der Waals surface area (Å²) in [7, 11) is -3.89. The Bertz CT molecular complexity index is 2590. The van der Waals surface area contributed by atoms with E-state index in [1.807, 2.05) is 92.7 Å². The Morgan fingerprint density at radius 2 is 0.785 bits per heavy atom. The largest absolute Gasteiger partial charge is 0.506 e. The topological polar surface area (TPSA) is 108 Å². The fourth-order valence-electron chi connectivity index (χ4n) is 15.4. The zero-order valence-corrected chi connectivity index (χ0v) is 52.3. The van der Waals surface area contributed by atoms with Gasteiger partial charge in [-0.25, -0.2) is 4.79 Å². The van der Waals surface area contributed by atoms with Crippen LogP contribution >= 0.6 is 14.3 Å². The molecule has 1 N–H and O–H groups in total. The van der Waals surface area contributed by atoms with Crippen LogP contribution in [0.3, 0.4) is 0 Å². The fourth-order valence-corrected chi connectivity index (χ4v) is 26.0. The molecule has 0 saturated heterocycles. The molecule has 0 bridgehead atoms. The Hall–Kier alpha value is -2.80. The standard InChI is InChI=1S/C32H28N2O4.2C18H33OP.Eu/c1-3-33(4-2)26-19-20-27-28(21-26)38-32(37)29(31(27)36)30(35)22-15-17-25(18-16-22)34(23-11-7-5-8-12-23)24-13-9-6-10-14-24;2*19-20(16-10-4-1-5-11-16,17-12-6-2-7-13-17)18-14-8-3-9-15-18;/h5-21,36H,3-4H2,1-2H3;2*16-18H,1-15H2;. The van der Waals surface area contributed by atoms with E-state index in [9.17, 15) is 23.8 Å². The second-order valence-corrected chi connectivity index (χ2v) is 31.6. The monoisotopic (exact) mass is 1250 g/mol. The van der Waals surface area contributed by atoms with Gasteiger partial charge in [0, 0.05) is 131 Å². The quantitative estimate of drug-likeness (QED) is 0.0665. The predicted octanol–water partition coefficient (Wildman–Crippen LogP) is 19.7. The van der Waals surface area contributed by atoms with Crippen LogP contribution in [-0.2, 0) is 9.13 Å². The Morgan fingerprint density at radius 3 is 1.11 bits per heavy atom. The molecule has 4 aromatic carbocycles. The van der Waals surface area contributed by atoms with Crippen LogP contribution in [0.2, 0.25) is 0 Å². The molecular weight excluding hydrogens is 1150 g/mol. The number of fused-ring (bicyclic) bond motifs is 1. The van der Waals surface area contributed by atoms with Crippen molar-refractivity contribution in [2.24, 2.45) is 0 Å². The van der Waals surface area contributed by atoms with Gasteiger partial charge in [-0.3, -0.25) is 4.79 Å². The van der Waals surface area contributed by atoms with Gasteiger partial charge in [0.25, 0.3) is 0 Å². The van der Waals surface area contributed by atoms with Crippen LogP contribution in [0, 0.1) is 49.4 Å². The fraction of sp³-hybridized carbons (Fsp3) is 0.588. The molecule has 1 aromatic heterocycles. The third-order valence-electron chi connectivity index (χ3n) is 19.5. The minimum atomic E-state index is -1.95. The van der Waals surface area contributed by atoms with E-state index < -0.39 is 25.7 Å². The van der Waals surface area contributed by atoms with E-state index in [1.165, 1.54) is 193 Å². The summed E-state index contributed by atoms with van der Waals surface area (Å²) in [6.07, 6.45) is 40.2. The number of carbonyl (C=O) groups is 1. The van der Waals surface area contributed by atoms with Gasteiger partial charge in [-0.05, 0) is 152 Å². The summed E-state index contributed by atoms with van der Waals surface area (Å²) in [5, 5.41) is 11.3. The van der Waals surface area contributed by atoms with E-state index in [0.717, 1.165) is 35.8 Å². The van der Waals surface area contributed by atoms with Crippen molar-refractivity contribution in [3.63, 3.8) is 0 Å². The number of hydrogen-bond acceptors (Lipinski definition) is 8. The van der Waals surface area contributed by atoms with Crippen LogP contribution < -0.4 is 15.4 Å². The number of nitrogens with zero attached hydrogens (tertiary/aromatic N) is 2. The van der Waals surface area contributed by atoms with Gasteiger partial charge in [0.05, 0.1) is 19.7 Å². The molecule has 5 aromatic rings. The number of rotatable bonds is 14. The van der Waals surface area contributed by atoms with Crippen LogP contribution in [0.5, 0.6) is 5.75 Å². The Kier molecular flexibility index (Phi) is 24.2. The first-order chi connectivity index (χ1) is 38.1. The SMILES string of the molecule is CCN(CC)c1ccc2c(O)c(C(=O)c3ccc(N(c4ccccc4)c4ccccc4)cc3)c(=O)oc2c1.O=P(C1CCCCC1)(C1CCCCC1)C1CCCCC1.O=P(C1CCCCC1)(C1CCCCC1)C1CCCCC1.[Eu]. The molecule has 429 valence electrons. The number of aromatic hydroxyl groups is 1. The van der Waals surface area contributed by atoms with Gasteiger partial charge < -0.3 is 28.5 Å². The summed E-state index contributed by atoms with van der Waals surface area (Å²) in [5.41, 5.74) is 6.70. The predicted molar refractivity (Wildman–Crippen MR) is 329 cm³/mol. The molecule has 6 saturated carbocycles. The van der Waals surface area contributed by atoms with Crippen molar-refractivity contribution in [1.82, 2.24) is 0 Å². The minimum absolute atomic E-state index is 0. The van der Waals surface area contributed by atoms with E-state index in [4.69, 9.17) is 4.42 Å². The van der Waals surface area contributed by atoms with Crippen molar-refractivity contribution in [1.29, 1.82) is 0 Å². The third kappa shape index (κ3) is 14.9. The Labute approximate surface area is 515 Å². The first-order valence-electron chi connectivity index (χ1n) is 31.4. The molecule has 1 heterocycles. The zero-order valence-electron chi connectivity index (χ0n) is 48.1. The van der Waals surface area contributed by atoms with Crippen LogP contribution in [0.1, 0.15) is 222 Å². The van der Waals surface area contributed by atoms with Gasteiger partial charge in [0.1, 0.15) is 11.3 Å². The second-order valence-electron chi connectivity index (χ2n) is 24.1. The number of para-hydroxylation sites is 2. The molecular formula is C68H94EuN2O6P2. The normalized spacial score (nSPS) is 19.7. The smallest absolute Gasteiger partial charge is 0.351 e. The van der Waals surface area contributed by atoms with Crippen molar-refractivity contribution in [3.05, 3.63) is 125 Å². The van der Waals surface area contributed by atoms with Crippen molar-refractivity contribution in [3.8, 4) is 5.75 Å². The maximum Gasteiger partial charge on any atom is 0.351 e. The molecule has 6 aliphatic carbocycles. The molecule has 8 nitrogen and oxygen atoms in total. The molecule has 79 heavy (non-hydrogen) atoms. The molecule has 0 aliphatic heterocycles. The minimum Gasteiger partial charge on any atom is -0.506 e. The summed E-state index contributed by atoms with van der Waals surface area (Å²) >= 11 is 0. The van der Waals surface area contributed by atoms with Gasteiger partial charge in [-0.1, -0.05) is 152 Å². The molecule has 0 unspecified atom stereocenters. The zero-order chi connectivity index (χ0) is 54.3. The van der Waals surface area contributed by atoms with E-state index in [0.29, 0.717) is 39.3 Å². The van der Waals surface area contributed by atoms with Gasteiger partial charge in [0.2, 0.25) is 5.78 Å². The van der Waals surface area contributed by atoms with Crippen molar-refractivity contribution < 1.29 is 72.8 Å². The molecule has 11 rings (SSSR count). The van der Waals surface area contributed by atoms with E-state index >= 15 is 0 Å². The maximum atomic E-state index is 14.3. The van der Waals surface area contributed by atoms with Gasteiger partial charge in [0.15, 0.2) is 5.56 Å². The Balaban J connectivity index is 0.000000169. The Morgan fingerprint density at radius 1 is 0.468 bits per heavy atom. The summed E-state index contributed by atoms with van der Waals surface area (Å²) in [6, 6.07) is 32.0. The molecule has 6 aliphatic rings. The first kappa shape index (κ1) is 62.3. The summed E-state index contributed by atoms with van der Waals surface area (Å²) < 4.78 is 34.1. The molecule has 0 amide bonds. The van der Waals surface area contributed by atoms with E-state index in [1.54, 1.807) is 24.3 Å². The molecule has 1 radical (unpaired) electrons. The number of anilines is 4. The maximum absolute atomic E-state index is 14.3. The summed E-state index contributed by atoms with van der Waals surface area (Å²) in [5.74, 6) is -0.963. The van der Waals surface area contributed by atoms with Crippen molar-refractivity contribution in [2.45, 2.75) is 240 Å². The summed E-state index contributed by atoms with van der Waals surface area (Å²) in [6.45, 7) is 5.65. The van der Waals surface area contributed by atoms with Gasteiger partial charge in [-0.2, -0.15) is 0 Å². The first-order valence-corrected chi connectivity index (χ1v) is 35.3.